The summed E-state index contributed by atoms with van der Waals surface area (Å²) in [5.41, 5.74) is -0.631. The van der Waals surface area contributed by atoms with Gasteiger partial charge in [0.1, 0.15) is 6.61 Å². The van der Waals surface area contributed by atoms with E-state index < -0.39 is 17.6 Å². The Morgan fingerprint density at radius 3 is 2.40 bits per heavy atom. The number of hydrogen-bond acceptors (Lipinski definition) is 5. The van der Waals surface area contributed by atoms with Gasteiger partial charge in [-0.2, -0.15) is 0 Å². The van der Waals surface area contributed by atoms with Gasteiger partial charge >= 0.3 is 5.97 Å². The molecule has 2 aliphatic rings. The topological polar surface area (TPSA) is 75.7 Å². The van der Waals surface area contributed by atoms with Crippen LogP contribution in [0.1, 0.15) is 63.9 Å². The largest absolute Gasteiger partial charge is 0.459 e. The Kier molecular flexibility index (Phi) is 7.64. The standard InChI is InChI=1S/C24H34N2O4/c1-18(25-2)22(28)26-16-10-15-24(26,21(27)20-13-8-3-4-9-14-20)23(29)30-17-19-11-6-5-7-12-19/h5-7,11-12,18,20,25H,3-4,8-10,13-17H2,1-2H3/t18-,24-/m0/s1. The predicted molar refractivity (Wildman–Crippen MR) is 115 cm³/mol. The molecular weight excluding hydrogens is 380 g/mol. The third kappa shape index (κ3) is 4.59. The number of nitrogens with one attached hydrogen (secondary N) is 1. The number of likely N-dealkylation sites (N-methyl/N-ethyl adjacent to an activating group) is 1. The highest BCUT2D eigenvalue weighted by Crippen LogP contribution is 2.38. The monoisotopic (exact) mass is 414 g/mol. The lowest BCUT2D eigenvalue weighted by Crippen LogP contribution is -2.63. The van der Waals surface area contributed by atoms with Crippen molar-refractivity contribution in [3.05, 3.63) is 35.9 Å². The summed E-state index contributed by atoms with van der Waals surface area (Å²) in [6.07, 6.45) is 6.77. The van der Waals surface area contributed by atoms with E-state index in [9.17, 15) is 14.4 Å². The van der Waals surface area contributed by atoms with Crippen molar-refractivity contribution in [2.45, 2.75) is 76.5 Å². The maximum Gasteiger partial charge on any atom is 0.340 e. The molecule has 2 atom stereocenters. The Morgan fingerprint density at radius 1 is 1.10 bits per heavy atom. The summed E-state index contributed by atoms with van der Waals surface area (Å²) in [6.45, 7) is 2.27. The molecule has 2 fully saturated rings. The first-order chi connectivity index (χ1) is 14.5. The number of esters is 1. The van der Waals surface area contributed by atoms with E-state index in [4.69, 9.17) is 4.74 Å². The molecule has 6 heteroatoms. The molecule has 1 aliphatic heterocycles. The molecule has 1 aliphatic carbocycles. The van der Waals surface area contributed by atoms with E-state index in [2.05, 4.69) is 5.32 Å². The van der Waals surface area contributed by atoms with Crippen molar-refractivity contribution < 1.29 is 19.1 Å². The fourth-order valence-corrected chi connectivity index (χ4v) is 4.77. The minimum absolute atomic E-state index is 0.100. The van der Waals surface area contributed by atoms with Crippen molar-refractivity contribution in [1.29, 1.82) is 0 Å². The van der Waals surface area contributed by atoms with Crippen LogP contribution >= 0.6 is 0 Å². The SMILES string of the molecule is CN[C@@H](C)C(=O)N1CCC[C@@]1(C(=O)OCc1ccccc1)C(=O)C1CCCCCC1. The van der Waals surface area contributed by atoms with Gasteiger partial charge in [-0.3, -0.25) is 9.59 Å². The van der Waals surface area contributed by atoms with Crippen molar-refractivity contribution in [2.75, 3.05) is 13.6 Å². The molecule has 0 radical (unpaired) electrons. The molecule has 3 rings (SSSR count). The molecule has 30 heavy (non-hydrogen) atoms. The number of hydrogen-bond donors (Lipinski definition) is 1. The number of rotatable bonds is 7. The molecule has 1 aromatic rings. The lowest BCUT2D eigenvalue weighted by Gasteiger charge is -2.38. The molecular formula is C24H34N2O4. The third-order valence-electron chi connectivity index (χ3n) is 6.63. The number of carbonyl (C=O) groups is 3. The first kappa shape index (κ1) is 22.5. The second-order valence-corrected chi connectivity index (χ2v) is 8.58. The van der Waals surface area contributed by atoms with Gasteiger partial charge in [-0.1, -0.05) is 56.0 Å². The van der Waals surface area contributed by atoms with Crippen LogP contribution in [0.2, 0.25) is 0 Å². The average Bonchev–Trinajstić information content (AvgIpc) is 3.05. The first-order valence-corrected chi connectivity index (χ1v) is 11.2. The van der Waals surface area contributed by atoms with Crippen molar-refractivity contribution in [3.63, 3.8) is 0 Å². The van der Waals surface area contributed by atoms with Crippen LogP contribution in [-0.4, -0.2) is 47.7 Å². The number of Topliss-reactive ketones (excluding diaryl/α,β-unsaturated/α-hetero) is 1. The van der Waals surface area contributed by atoms with Gasteiger partial charge in [0.15, 0.2) is 11.3 Å². The minimum atomic E-state index is -1.49. The van der Waals surface area contributed by atoms with Gasteiger partial charge in [0.2, 0.25) is 5.91 Å². The van der Waals surface area contributed by atoms with E-state index in [0.29, 0.717) is 19.4 Å². The lowest BCUT2D eigenvalue weighted by molar-refractivity contribution is -0.169. The average molecular weight is 415 g/mol. The summed E-state index contributed by atoms with van der Waals surface area (Å²) in [7, 11) is 1.71. The van der Waals surface area contributed by atoms with E-state index >= 15 is 0 Å². The van der Waals surface area contributed by atoms with Crippen molar-refractivity contribution in [3.8, 4) is 0 Å². The zero-order valence-corrected chi connectivity index (χ0v) is 18.2. The van der Waals surface area contributed by atoms with Gasteiger partial charge in [-0.05, 0) is 45.2 Å². The first-order valence-electron chi connectivity index (χ1n) is 11.2. The Hall–Kier alpha value is -2.21. The van der Waals surface area contributed by atoms with Gasteiger partial charge in [0, 0.05) is 12.5 Å². The Balaban J connectivity index is 1.89. The van der Waals surface area contributed by atoms with E-state index in [0.717, 1.165) is 44.1 Å². The van der Waals surface area contributed by atoms with Crippen LogP contribution < -0.4 is 5.32 Å². The van der Waals surface area contributed by atoms with Crippen molar-refractivity contribution in [1.82, 2.24) is 10.2 Å². The molecule has 1 aromatic carbocycles. The Bertz CT molecular complexity index is 743. The van der Waals surface area contributed by atoms with Gasteiger partial charge in [0.25, 0.3) is 0 Å². The summed E-state index contributed by atoms with van der Waals surface area (Å²) < 4.78 is 5.68. The second kappa shape index (κ2) is 10.2. The quantitative estimate of drug-likeness (QED) is 0.421. The molecule has 1 saturated heterocycles. The normalized spacial score (nSPS) is 23.6. The predicted octanol–water partition coefficient (Wildman–Crippen LogP) is 3.24. The van der Waals surface area contributed by atoms with Crippen LogP contribution in [0.4, 0.5) is 0 Å². The van der Waals surface area contributed by atoms with Crippen LogP contribution in [0, 0.1) is 5.92 Å². The highest BCUT2D eigenvalue weighted by atomic mass is 16.5. The number of amides is 1. The zero-order chi connectivity index (χ0) is 21.6. The molecule has 1 heterocycles. The van der Waals surface area contributed by atoms with Crippen LogP contribution in [0.3, 0.4) is 0 Å². The fourth-order valence-electron chi connectivity index (χ4n) is 4.77. The van der Waals surface area contributed by atoms with E-state index in [1.54, 1.807) is 14.0 Å². The van der Waals surface area contributed by atoms with Gasteiger partial charge in [0.05, 0.1) is 6.04 Å². The summed E-state index contributed by atoms with van der Waals surface area (Å²) in [4.78, 5) is 42.0. The Morgan fingerprint density at radius 2 is 1.77 bits per heavy atom. The number of likely N-dealkylation sites (tertiary alicyclic amines) is 1. The molecule has 0 spiro atoms. The van der Waals surface area contributed by atoms with E-state index in [1.165, 1.54) is 4.90 Å². The molecule has 1 saturated carbocycles. The number of benzene rings is 1. The maximum atomic E-state index is 13.8. The second-order valence-electron chi connectivity index (χ2n) is 8.58. The van der Waals surface area contributed by atoms with Crippen molar-refractivity contribution in [2.24, 2.45) is 5.92 Å². The minimum Gasteiger partial charge on any atom is -0.459 e. The zero-order valence-electron chi connectivity index (χ0n) is 18.2. The summed E-state index contributed by atoms with van der Waals surface area (Å²) >= 11 is 0. The van der Waals surface area contributed by atoms with Crippen LogP contribution in [0.5, 0.6) is 0 Å². The highest BCUT2D eigenvalue weighted by molar-refractivity contribution is 6.12. The summed E-state index contributed by atoms with van der Waals surface area (Å²) in [6, 6.07) is 8.97. The van der Waals surface area contributed by atoms with Gasteiger partial charge < -0.3 is 15.0 Å². The van der Waals surface area contributed by atoms with Crippen LogP contribution in [0.15, 0.2) is 30.3 Å². The molecule has 1 N–H and O–H groups in total. The van der Waals surface area contributed by atoms with E-state index in [1.807, 2.05) is 30.3 Å². The summed E-state index contributed by atoms with van der Waals surface area (Å²) in [5.74, 6) is -1.09. The Labute approximate surface area is 179 Å². The maximum absolute atomic E-state index is 13.8. The molecule has 0 bridgehead atoms. The number of ether oxygens (including phenoxy) is 1. The molecule has 6 nitrogen and oxygen atoms in total. The number of carbonyl (C=O) groups excluding carboxylic acids is 3. The van der Waals surface area contributed by atoms with Crippen LogP contribution in [-0.2, 0) is 25.7 Å². The molecule has 0 unspecified atom stereocenters. The lowest BCUT2D eigenvalue weighted by atomic mass is 9.80. The molecule has 0 aromatic heterocycles. The highest BCUT2D eigenvalue weighted by Gasteiger charge is 2.58. The van der Waals surface area contributed by atoms with Crippen molar-refractivity contribution >= 4 is 17.7 Å². The van der Waals surface area contributed by atoms with Gasteiger partial charge in [-0.15, -0.1) is 0 Å². The third-order valence-corrected chi connectivity index (χ3v) is 6.63. The summed E-state index contributed by atoms with van der Waals surface area (Å²) in [5, 5.41) is 2.95. The van der Waals surface area contributed by atoms with E-state index in [-0.39, 0.29) is 24.2 Å². The van der Waals surface area contributed by atoms with Crippen LogP contribution in [0.25, 0.3) is 0 Å². The van der Waals surface area contributed by atoms with Gasteiger partial charge in [-0.25, -0.2) is 4.79 Å². The number of nitrogens with zero attached hydrogens (tertiary/aromatic N) is 1. The smallest absolute Gasteiger partial charge is 0.340 e. The molecule has 164 valence electrons. The fraction of sp³-hybridized carbons (Fsp3) is 0.625. The molecule has 1 amide bonds. The number of ketones is 1.